The Kier molecular flexibility index (Phi) is 5.78. The number of likely N-dealkylation sites (tertiary alicyclic amines) is 1. The first-order valence-corrected chi connectivity index (χ1v) is 9.41. The van der Waals surface area contributed by atoms with Gasteiger partial charge in [0.15, 0.2) is 0 Å². The average molecular weight is 278 g/mol. The van der Waals surface area contributed by atoms with Gasteiger partial charge in [0.2, 0.25) is 0 Å². The first-order chi connectivity index (χ1) is 9.93. The molecule has 2 nitrogen and oxygen atoms in total. The number of hydrogen-bond acceptors (Lipinski definition) is 2. The van der Waals surface area contributed by atoms with Crippen LogP contribution in [0.1, 0.15) is 83.5 Å². The maximum absolute atomic E-state index is 2.96. The molecule has 0 amide bonds. The van der Waals surface area contributed by atoms with Crippen LogP contribution < -0.4 is 0 Å². The van der Waals surface area contributed by atoms with E-state index in [2.05, 4.69) is 9.80 Å². The molecule has 1 aliphatic heterocycles. The van der Waals surface area contributed by atoms with Gasteiger partial charge in [-0.05, 0) is 51.6 Å². The van der Waals surface area contributed by atoms with Crippen molar-refractivity contribution in [1.29, 1.82) is 0 Å². The van der Waals surface area contributed by atoms with Gasteiger partial charge in [-0.1, -0.05) is 44.9 Å². The highest BCUT2D eigenvalue weighted by atomic mass is 15.3. The molecule has 20 heavy (non-hydrogen) atoms. The quantitative estimate of drug-likeness (QED) is 0.752. The van der Waals surface area contributed by atoms with Crippen LogP contribution in [0.25, 0.3) is 0 Å². The summed E-state index contributed by atoms with van der Waals surface area (Å²) in [7, 11) is 0. The molecule has 0 atom stereocenters. The molecule has 0 bridgehead atoms. The largest absolute Gasteiger partial charge is 0.290 e. The molecule has 0 aromatic rings. The lowest BCUT2D eigenvalue weighted by Gasteiger charge is -2.44. The van der Waals surface area contributed by atoms with Crippen LogP contribution in [0, 0.1) is 0 Å². The molecule has 3 fully saturated rings. The maximum atomic E-state index is 2.96. The van der Waals surface area contributed by atoms with E-state index in [0.29, 0.717) is 0 Å². The Labute approximate surface area is 125 Å². The van der Waals surface area contributed by atoms with E-state index in [1.165, 1.54) is 103 Å². The van der Waals surface area contributed by atoms with Gasteiger partial charge in [0, 0.05) is 12.1 Å². The van der Waals surface area contributed by atoms with Gasteiger partial charge >= 0.3 is 0 Å². The van der Waals surface area contributed by atoms with Gasteiger partial charge in [-0.25, -0.2) is 0 Å². The molecule has 3 aliphatic rings. The first-order valence-electron chi connectivity index (χ1n) is 9.41. The summed E-state index contributed by atoms with van der Waals surface area (Å²) in [6.45, 7) is 4.00. The highest BCUT2D eigenvalue weighted by Crippen LogP contribution is 2.30. The fraction of sp³-hybridized carbons (Fsp3) is 1.00. The number of rotatable bonds is 4. The summed E-state index contributed by atoms with van der Waals surface area (Å²) < 4.78 is 0. The minimum atomic E-state index is 0.911. The normalized spacial score (nSPS) is 28.1. The highest BCUT2D eigenvalue weighted by Gasteiger charge is 2.30. The van der Waals surface area contributed by atoms with Crippen LogP contribution in [0.5, 0.6) is 0 Å². The molecule has 2 aliphatic carbocycles. The molecule has 0 N–H and O–H groups in total. The molecule has 3 rings (SSSR count). The van der Waals surface area contributed by atoms with Crippen LogP contribution in [-0.4, -0.2) is 41.6 Å². The van der Waals surface area contributed by atoms with Crippen molar-refractivity contribution in [3.63, 3.8) is 0 Å². The fourth-order valence-corrected chi connectivity index (χ4v) is 4.69. The monoisotopic (exact) mass is 278 g/mol. The second kappa shape index (κ2) is 7.79. The zero-order valence-corrected chi connectivity index (χ0v) is 13.4. The molecule has 0 spiro atoms. The third-order valence-corrected chi connectivity index (χ3v) is 5.90. The number of nitrogens with zero attached hydrogens (tertiary/aromatic N) is 2. The third-order valence-electron chi connectivity index (χ3n) is 5.90. The van der Waals surface area contributed by atoms with E-state index in [-0.39, 0.29) is 0 Å². The number of piperidine rings is 1. The summed E-state index contributed by atoms with van der Waals surface area (Å²) in [6, 6.07) is 1.82. The second-order valence-corrected chi connectivity index (χ2v) is 7.42. The molecular weight excluding hydrogens is 244 g/mol. The van der Waals surface area contributed by atoms with Gasteiger partial charge in [-0.15, -0.1) is 0 Å². The summed E-state index contributed by atoms with van der Waals surface area (Å²) in [6.07, 6.45) is 19.1. The molecule has 116 valence electrons. The standard InChI is InChI=1S/C18H34N2/c1-4-10-17(11-5-1)20(18-12-6-2-7-13-18)16-19-14-8-3-9-15-19/h17-18H,1-16H2. The van der Waals surface area contributed by atoms with Crippen molar-refractivity contribution in [2.75, 3.05) is 19.8 Å². The Bertz CT molecular complexity index is 243. The van der Waals surface area contributed by atoms with Gasteiger partial charge in [-0.3, -0.25) is 9.80 Å². The van der Waals surface area contributed by atoms with Crippen LogP contribution in [0.4, 0.5) is 0 Å². The zero-order valence-electron chi connectivity index (χ0n) is 13.4. The van der Waals surface area contributed by atoms with E-state index < -0.39 is 0 Å². The Hall–Kier alpha value is -0.0800. The number of hydrogen-bond donors (Lipinski definition) is 0. The Morgan fingerprint density at radius 1 is 0.600 bits per heavy atom. The van der Waals surface area contributed by atoms with Crippen molar-refractivity contribution in [2.24, 2.45) is 0 Å². The van der Waals surface area contributed by atoms with E-state index in [4.69, 9.17) is 0 Å². The van der Waals surface area contributed by atoms with E-state index in [9.17, 15) is 0 Å². The predicted octanol–water partition coefficient (Wildman–Crippen LogP) is 4.40. The molecule has 0 unspecified atom stereocenters. The van der Waals surface area contributed by atoms with Crippen LogP contribution in [-0.2, 0) is 0 Å². The lowest BCUT2D eigenvalue weighted by atomic mass is 9.89. The molecule has 0 aromatic carbocycles. The van der Waals surface area contributed by atoms with Gasteiger partial charge in [0.1, 0.15) is 0 Å². The minimum absolute atomic E-state index is 0.911. The van der Waals surface area contributed by atoms with E-state index >= 15 is 0 Å². The van der Waals surface area contributed by atoms with E-state index in [1.807, 2.05) is 0 Å². The molecule has 0 radical (unpaired) electrons. The van der Waals surface area contributed by atoms with Crippen molar-refractivity contribution in [3.8, 4) is 0 Å². The van der Waals surface area contributed by atoms with Crippen molar-refractivity contribution in [2.45, 2.75) is 95.6 Å². The topological polar surface area (TPSA) is 6.48 Å². The van der Waals surface area contributed by atoms with Gasteiger partial charge in [0.05, 0.1) is 6.67 Å². The van der Waals surface area contributed by atoms with Crippen LogP contribution in [0.15, 0.2) is 0 Å². The lowest BCUT2D eigenvalue weighted by Crippen LogP contribution is -2.51. The Morgan fingerprint density at radius 2 is 1.05 bits per heavy atom. The van der Waals surface area contributed by atoms with Crippen LogP contribution >= 0.6 is 0 Å². The third kappa shape index (κ3) is 3.98. The molecule has 2 heteroatoms. The Morgan fingerprint density at radius 3 is 1.55 bits per heavy atom. The summed E-state index contributed by atoms with van der Waals surface area (Å²) in [5.74, 6) is 0. The van der Waals surface area contributed by atoms with Crippen molar-refractivity contribution >= 4 is 0 Å². The fourth-order valence-electron chi connectivity index (χ4n) is 4.69. The molecule has 2 saturated carbocycles. The van der Waals surface area contributed by atoms with Crippen LogP contribution in [0.3, 0.4) is 0 Å². The van der Waals surface area contributed by atoms with Crippen LogP contribution in [0.2, 0.25) is 0 Å². The summed E-state index contributed by atoms with van der Waals surface area (Å²) in [5.41, 5.74) is 0. The zero-order chi connectivity index (χ0) is 13.6. The molecule has 1 saturated heterocycles. The minimum Gasteiger partial charge on any atom is -0.290 e. The lowest BCUT2D eigenvalue weighted by molar-refractivity contribution is 0.0165. The highest BCUT2D eigenvalue weighted by molar-refractivity contribution is 4.84. The summed E-state index contributed by atoms with van der Waals surface area (Å²) >= 11 is 0. The van der Waals surface area contributed by atoms with E-state index in [1.54, 1.807) is 0 Å². The Balaban J connectivity index is 1.61. The average Bonchev–Trinajstić information content (AvgIpc) is 2.55. The smallest absolute Gasteiger partial charge is 0.0511 e. The van der Waals surface area contributed by atoms with Gasteiger partial charge in [-0.2, -0.15) is 0 Å². The SMILES string of the molecule is C1CCC(N(CN2CCCCC2)C2CCCCC2)CC1. The predicted molar refractivity (Wildman–Crippen MR) is 85.9 cm³/mol. The summed E-state index contributed by atoms with van der Waals surface area (Å²) in [4.78, 5) is 5.72. The summed E-state index contributed by atoms with van der Waals surface area (Å²) in [5, 5.41) is 0. The second-order valence-electron chi connectivity index (χ2n) is 7.42. The van der Waals surface area contributed by atoms with Crippen molar-refractivity contribution in [1.82, 2.24) is 9.80 Å². The maximum Gasteiger partial charge on any atom is 0.0511 e. The molecule has 0 aromatic heterocycles. The first kappa shape index (κ1) is 14.8. The molecular formula is C18H34N2. The van der Waals surface area contributed by atoms with Crippen molar-refractivity contribution < 1.29 is 0 Å². The van der Waals surface area contributed by atoms with E-state index in [0.717, 1.165) is 12.1 Å². The van der Waals surface area contributed by atoms with Crippen molar-refractivity contribution in [3.05, 3.63) is 0 Å². The van der Waals surface area contributed by atoms with Gasteiger partial charge in [0.25, 0.3) is 0 Å². The van der Waals surface area contributed by atoms with Gasteiger partial charge < -0.3 is 0 Å². The molecule has 1 heterocycles.